The number of nitrogens with one attached hydrogen (secondary N) is 1. The lowest BCUT2D eigenvalue weighted by atomic mass is 9.97. The fraction of sp³-hybridized carbons (Fsp3) is 0.375. The molecule has 0 aliphatic carbocycles. The van der Waals surface area contributed by atoms with Crippen molar-refractivity contribution in [3.8, 4) is 17.2 Å². The summed E-state index contributed by atoms with van der Waals surface area (Å²) in [6.45, 7) is 6.78. The van der Waals surface area contributed by atoms with Crippen LogP contribution in [0.1, 0.15) is 31.2 Å². The normalized spacial score (nSPS) is 16.8. The van der Waals surface area contributed by atoms with Gasteiger partial charge >= 0.3 is 0 Å². The maximum Gasteiger partial charge on any atom is 0.257 e. The molecule has 1 atom stereocenters. The van der Waals surface area contributed by atoms with E-state index in [-0.39, 0.29) is 11.8 Å². The highest BCUT2D eigenvalue weighted by molar-refractivity contribution is 5.92. The third-order valence-corrected chi connectivity index (χ3v) is 5.44. The fourth-order valence-electron chi connectivity index (χ4n) is 3.79. The summed E-state index contributed by atoms with van der Waals surface area (Å²) in [5.41, 5.74) is 2.88. The first kappa shape index (κ1) is 21.1. The molecule has 0 spiro atoms. The number of carbonyl (C=O) groups excluding carboxylic acids is 1. The zero-order valence-corrected chi connectivity index (χ0v) is 18.0. The smallest absolute Gasteiger partial charge is 0.257 e. The van der Waals surface area contributed by atoms with Crippen LogP contribution < -0.4 is 10.1 Å². The molecule has 1 fully saturated rings. The predicted octanol–water partition coefficient (Wildman–Crippen LogP) is 4.29. The summed E-state index contributed by atoms with van der Waals surface area (Å²) in [4.78, 5) is 19.5. The molecule has 1 aliphatic rings. The van der Waals surface area contributed by atoms with E-state index in [1.54, 1.807) is 0 Å². The van der Waals surface area contributed by atoms with Crippen LogP contribution >= 0.6 is 0 Å². The van der Waals surface area contributed by atoms with Crippen molar-refractivity contribution in [3.63, 3.8) is 0 Å². The molecule has 7 heteroatoms. The summed E-state index contributed by atoms with van der Waals surface area (Å²) in [5, 5.41) is 7.15. The lowest BCUT2D eigenvalue weighted by Gasteiger charge is -2.31. The van der Waals surface area contributed by atoms with E-state index < -0.39 is 0 Å². The fourth-order valence-corrected chi connectivity index (χ4v) is 3.79. The summed E-state index contributed by atoms with van der Waals surface area (Å²) in [6, 6.07) is 15.5. The van der Waals surface area contributed by atoms with Gasteiger partial charge in [0.15, 0.2) is 5.82 Å². The van der Waals surface area contributed by atoms with Crippen molar-refractivity contribution >= 4 is 11.6 Å². The number of benzene rings is 2. The summed E-state index contributed by atoms with van der Waals surface area (Å²) in [7, 11) is 0. The Bertz CT molecular complexity index is 998. The number of rotatable bonds is 7. The summed E-state index contributed by atoms with van der Waals surface area (Å²) in [6.07, 6.45) is 1.84. The van der Waals surface area contributed by atoms with E-state index in [9.17, 15) is 4.79 Å². The molecule has 2 aromatic carbocycles. The van der Waals surface area contributed by atoms with Crippen molar-refractivity contribution in [1.29, 1.82) is 0 Å². The maximum atomic E-state index is 12.8. The monoisotopic (exact) mass is 420 g/mol. The van der Waals surface area contributed by atoms with Crippen molar-refractivity contribution in [3.05, 3.63) is 59.9 Å². The quantitative estimate of drug-likeness (QED) is 0.614. The van der Waals surface area contributed by atoms with E-state index in [1.807, 2.05) is 62.4 Å². The molecular formula is C24H28N4O3. The van der Waals surface area contributed by atoms with Crippen molar-refractivity contribution in [2.45, 2.75) is 33.2 Å². The minimum absolute atomic E-state index is 0.0438. The van der Waals surface area contributed by atoms with E-state index in [1.165, 1.54) is 5.56 Å². The number of aromatic nitrogens is 2. The zero-order chi connectivity index (χ0) is 21.6. The van der Waals surface area contributed by atoms with Crippen LogP contribution in [0.25, 0.3) is 11.5 Å². The van der Waals surface area contributed by atoms with Gasteiger partial charge in [0.1, 0.15) is 5.75 Å². The van der Waals surface area contributed by atoms with Crippen molar-refractivity contribution in [2.75, 3.05) is 25.0 Å². The van der Waals surface area contributed by atoms with Crippen LogP contribution in [0.15, 0.2) is 53.1 Å². The van der Waals surface area contributed by atoms with Gasteiger partial charge in [-0.25, -0.2) is 0 Å². The van der Waals surface area contributed by atoms with Gasteiger partial charge < -0.3 is 14.6 Å². The average molecular weight is 421 g/mol. The largest absolute Gasteiger partial charge is 0.494 e. The van der Waals surface area contributed by atoms with Gasteiger partial charge in [0.25, 0.3) is 5.89 Å². The van der Waals surface area contributed by atoms with Crippen LogP contribution in [0.4, 0.5) is 5.69 Å². The molecule has 0 bridgehead atoms. The first-order valence-electron chi connectivity index (χ1n) is 10.8. The molecule has 0 radical (unpaired) electrons. The predicted molar refractivity (Wildman–Crippen MR) is 119 cm³/mol. The molecule has 1 aromatic heterocycles. The number of anilines is 1. The Morgan fingerprint density at radius 3 is 2.71 bits per heavy atom. The minimum Gasteiger partial charge on any atom is -0.494 e. The lowest BCUT2D eigenvalue weighted by molar-refractivity contribution is -0.121. The molecule has 0 saturated carbocycles. The van der Waals surface area contributed by atoms with Crippen LogP contribution in [0.3, 0.4) is 0 Å². The second kappa shape index (κ2) is 9.75. The van der Waals surface area contributed by atoms with E-state index in [2.05, 4.69) is 20.4 Å². The minimum atomic E-state index is -0.0659. The number of nitrogens with zero attached hydrogens (tertiary/aromatic N) is 3. The topological polar surface area (TPSA) is 80.5 Å². The third-order valence-electron chi connectivity index (χ3n) is 5.44. The number of amides is 1. The second-order valence-corrected chi connectivity index (χ2v) is 7.90. The molecule has 1 aliphatic heterocycles. The number of likely N-dealkylation sites (tertiary alicyclic amines) is 1. The van der Waals surface area contributed by atoms with Crippen LogP contribution in [-0.4, -0.2) is 40.6 Å². The molecule has 4 rings (SSSR count). The molecule has 2 heterocycles. The molecule has 1 unspecified atom stereocenters. The number of piperidine rings is 1. The van der Waals surface area contributed by atoms with Gasteiger partial charge in [0.2, 0.25) is 5.91 Å². The van der Waals surface area contributed by atoms with E-state index >= 15 is 0 Å². The van der Waals surface area contributed by atoms with Gasteiger partial charge in [0.05, 0.1) is 19.1 Å². The molecule has 1 saturated heterocycles. The highest BCUT2D eigenvalue weighted by Crippen LogP contribution is 2.23. The summed E-state index contributed by atoms with van der Waals surface area (Å²) >= 11 is 0. The Hall–Kier alpha value is -3.19. The Morgan fingerprint density at radius 1 is 1.19 bits per heavy atom. The lowest BCUT2D eigenvalue weighted by Crippen LogP contribution is -2.40. The van der Waals surface area contributed by atoms with Crippen LogP contribution in [0.5, 0.6) is 5.75 Å². The summed E-state index contributed by atoms with van der Waals surface area (Å²) < 4.78 is 10.9. The first-order chi connectivity index (χ1) is 15.1. The highest BCUT2D eigenvalue weighted by Gasteiger charge is 2.27. The van der Waals surface area contributed by atoms with Crippen LogP contribution in [0.2, 0.25) is 0 Å². The molecule has 162 valence electrons. The molecule has 1 N–H and O–H groups in total. The first-order valence-corrected chi connectivity index (χ1v) is 10.8. The van der Waals surface area contributed by atoms with Crippen LogP contribution in [0, 0.1) is 12.8 Å². The zero-order valence-electron chi connectivity index (χ0n) is 18.0. The second-order valence-electron chi connectivity index (χ2n) is 7.90. The number of ether oxygens (including phenoxy) is 1. The third kappa shape index (κ3) is 5.49. The number of aryl methyl sites for hydroxylation is 1. The van der Waals surface area contributed by atoms with Gasteiger partial charge in [-0.05, 0) is 69.6 Å². The number of carbonyl (C=O) groups is 1. The number of hydrogen-bond acceptors (Lipinski definition) is 6. The standard InChI is InChI=1S/C24H28N4O3/c1-3-30-21-12-10-20(11-13-21)25-23(29)19-5-4-14-28(15-19)16-22-26-24(31-27-22)18-8-6-17(2)7-9-18/h6-13,19H,3-5,14-16H2,1-2H3,(H,25,29). The Morgan fingerprint density at radius 2 is 1.97 bits per heavy atom. The average Bonchev–Trinajstić information content (AvgIpc) is 3.24. The molecule has 1 amide bonds. The van der Waals surface area contributed by atoms with Crippen LogP contribution in [-0.2, 0) is 11.3 Å². The van der Waals surface area contributed by atoms with Gasteiger partial charge in [-0.1, -0.05) is 22.9 Å². The van der Waals surface area contributed by atoms with Gasteiger partial charge in [-0.15, -0.1) is 0 Å². The summed E-state index contributed by atoms with van der Waals surface area (Å²) in [5.74, 6) is 1.94. The van der Waals surface area contributed by atoms with Gasteiger partial charge in [0, 0.05) is 17.8 Å². The molecular weight excluding hydrogens is 392 g/mol. The molecule has 3 aromatic rings. The maximum absolute atomic E-state index is 12.8. The highest BCUT2D eigenvalue weighted by atomic mass is 16.5. The van der Waals surface area contributed by atoms with Gasteiger partial charge in [-0.3, -0.25) is 9.69 Å². The Balaban J connectivity index is 1.33. The molecule has 7 nitrogen and oxygen atoms in total. The van der Waals surface area contributed by atoms with E-state index in [0.29, 0.717) is 31.4 Å². The number of hydrogen-bond donors (Lipinski definition) is 1. The van der Waals surface area contributed by atoms with E-state index in [0.717, 1.165) is 36.4 Å². The molecule has 31 heavy (non-hydrogen) atoms. The SMILES string of the molecule is CCOc1ccc(NC(=O)C2CCCN(Cc3noc(-c4ccc(C)cc4)n3)C2)cc1. The Labute approximate surface area is 182 Å². The Kier molecular flexibility index (Phi) is 6.62. The van der Waals surface area contributed by atoms with Gasteiger partial charge in [-0.2, -0.15) is 4.98 Å². The van der Waals surface area contributed by atoms with E-state index in [4.69, 9.17) is 9.26 Å². The van der Waals surface area contributed by atoms with Crippen molar-refractivity contribution in [2.24, 2.45) is 5.92 Å². The van der Waals surface area contributed by atoms with Crippen molar-refractivity contribution in [1.82, 2.24) is 15.0 Å². The van der Waals surface area contributed by atoms with Crippen molar-refractivity contribution < 1.29 is 14.1 Å².